The lowest BCUT2D eigenvalue weighted by atomic mass is 9.88. The van der Waals surface area contributed by atoms with Crippen LogP contribution in [0.25, 0.3) is 0 Å². The van der Waals surface area contributed by atoms with Gasteiger partial charge in [0.1, 0.15) is 0 Å². The maximum atomic E-state index is 12.4. The lowest BCUT2D eigenvalue weighted by Crippen LogP contribution is -2.26. The van der Waals surface area contributed by atoms with E-state index >= 15 is 0 Å². The third kappa shape index (κ3) is 4.44. The zero-order chi connectivity index (χ0) is 19.1. The van der Waals surface area contributed by atoms with Crippen molar-refractivity contribution in [3.8, 4) is 11.5 Å². The van der Waals surface area contributed by atoms with E-state index in [4.69, 9.17) is 4.74 Å². The summed E-state index contributed by atoms with van der Waals surface area (Å²) in [6.07, 6.45) is 2.16. The standard InChI is InChI=1S/C22H22N2O3/c1-27-19-13-15-23-20(21(19)25)22(26)24-14-12-18(16-8-4-2-5-9-16)17-10-6-3-7-11-17/h2-11,13,15,18,25H,12,14H2,1H3,(H,24,26). The minimum Gasteiger partial charge on any atom is -0.503 e. The number of carbonyl (C=O) groups is 1. The number of carbonyl (C=O) groups excluding carboxylic acids is 1. The van der Waals surface area contributed by atoms with E-state index in [1.54, 1.807) is 0 Å². The molecule has 2 N–H and O–H groups in total. The number of nitrogens with zero attached hydrogens (tertiary/aromatic N) is 1. The van der Waals surface area contributed by atoms with E-state index in [1.807, 2.05) is 36.4 Å². The van der Waals surface area contributed by atoms with E-state index in [1.165, 1.54) is 30.5 Å². The van der Waals surface area contributed by atoms with E-state index in [0.717, 1.165) is 6.42 Å². The summed E-state index contributed by atoms with van der Waals surface area (Å²) in [4.78, 5) is 16.4. The van der Waals surface area contributed by atoms with Gasteiger partial charge in [-0.05, 0) is 17.5 Å². The zero-order valence-corrected chi connectivity index (χ0v) is 15.1. The molecule has 0 fully saturated rings. The number of benzene rings is 2. The van der Waals surface area contributed by atoms with Gasteiger partial charge in [-0.1, -0.05) is 60.7 Å². The normalized spacial score (nSPS) is 10.6. The number of methoxy groups -OCH3 is 1. The second kappa shape index (κ2) is 8.85. The van der Waals surface area contributed by atoms with Crippen molar-refractivity contribution in [2.45, 2.75) is 12.3 Å². The molecule has 0 aliphatic heterocycles. The number of rotatable bonds is 7. The quantitative estimate of drug-likeness (QED) is 0.671. The number of ether oxygens (including phenoxy) is 1. The largest absolute Gasteiger partial charge is 0.503 e. The summed E-state index contributed by atoms with van der Waals surface area (Å²) < 4.78 is 5.02. The third-order valence-electron chi connectivity index (χ3n) is 4.44. The molecular formula is C22H22N2O3. The Labute approximate surface area is 158 Å². The maximum absolute atomic E-state index is 12.4. The highest BCUT2D eigenvalue weighted by molar-refractivity contribution is 5.95. The van der Waals surface area contributed by atoms with Gasteiger partial charge < -0.3 is 15.2 Å². The van der Waals surface area contributed by atoms with Gasteiger partial charge >= 0.3 is 0 Å². The lowest BCUT2D eigenvalue weighted by molar-refractivity contribution is 0.0944. The molecule has 27 heavy (non-hydrogen) atoms. The predicted molar refractivity (Wildman–Crippen MR) is 104 cm³/mol. The van der Waals surface area contributed by atoms with Crippen molar-refractivity contribution in [2.24, 2.45) is 0 Å². The molecule has 3 rings (SSSR count). The van der Waals surface area contributed by atoms with Crippen LogP contribution in [-0.4, -0.2) is 29.7 Å². The van der Waals surface area contributed by atoms with Gasteiger partial charge in [0.25, 0.3) is 5.91 Å². The molecule has 3 aromatic rings. The number of aromatic nitrogens is 1. The Morgan fingerprint density at radius 3 is 2.19 bits per heavy atom. The first-order chi connectivity index (χ1) is 13.2. The van der Waals surface area contributed by atoms with Gasteiger partial charge in [-0.3, -0.25) is 4.79 Å². The Bertz CT molecular complexity index is 843. The number of amides is 1. The summed E-state index contributed by atoms with van der Waals surface area (Å²) in [6, 6.07) is 21.9. The van der Waals surface area contributed by atoms with Crippen molar-refractivity contribution in [1.29, 1.82) is 0 Å². The molecule has 0 atom stereocenters. The van der Waals surface area contributed by atoms with Crippen LogP contribution in [0.4, 0.5) is 0 Å². The Kier molecular flexibility index (Phi) is 6.05. The fraction of sp³-hybridized carbons (Fsp3) is 0.182. The van der Waals surface area contributed by atoms with Crippen LogP contribution in [-0.2, 0) is 0 Å². The minimum atomic E-state index is -0.425. The molecule has 5 heteroatoms. The molecule has 0 aliphatic rings. The number of aromatic hydroxyl groups is 1. The first kappa shape index (κ1) is 18.5. The van der Waals surface area contributed by atoms with Crippen molar-refractivity contribution in [3.63, 3.8) is 0 Å². The van der Waals surface area contributed by atoms with Crippen molar-refractivity contribution < 1.29 is 14.6 Å². The second-order valence-electron chi connectivity index (χ2n) is 6.13. The predicted octanol–water partition coefficient (Wildman–Crippen LogP) is 3.75. The van der Waals surface area contributed by atoms with Crippen LogP contribution in [0.3, 0.4) is 0 Å². The zero-order valence-electron chi connectivity index (χ0n) is 15.1. The molecule has 0 radical (unpaired) electrons. The van der Waals surface area contributed by atoms with Gasteiger partial charge in [-0.15, -0.1) is 0 Å². The fourth-order valence-corrected chi connectivity index (χ4v) is 3.08. The minimum absolute atomic E-state index is 0.0367. The van der Waals surface area contributed by atoms with Gasteiger partial charge in [-0.2, -0.15) is 0 Å². The molecule has 0 bridgehead atoms. The van der Waals surface area contributed by atoms with Gasteiger partial charge in [0.05, 0.1) is 7.11 Å². The molecule has 0 saturated carbocycles. The number of hydrogen-bond acceptors (Lipinski definition) is 4. The van der Waals surface area contributed by atoms with Gasteiger partial charge in [0, 0.05) is 24.7 Å². The van der Waals surface area contributed by atoms with Crippen molar-refractivity contribution in [2.75, 3.05) is 13.7 Å². The molecule has 1 aromatic heterocycles. The van der Waals surface area contributed by atoms with Crippen molar-refractivity contribution >= 4 is 5.91 Å². The SMILES string of the molecule is COc1ccnc(C(=O)NCCC(c2ccccc2)c2ccccc2)c1O. The Morgan fingerprint density at radius 2 is 1.63 bits per heavy atom. The van der Waals surface area contributed by atoms with Gasteiger partial charge in [-0.25, -0.2) is 4.98 Å². The number of pyridine rings is 1. The average molecular weight is 362 g/mol. The Balaban J connectivity index is 1.71. The van der Waals surface area contributed by atoms with Gasteiger partial charge in [0.15, 0.2) is 17.2 Å². The highest BCUT2D eigenvalue weighted by atomic mass is 16.5. The van der Waals surface area contributed by atoms with E-state index < -0.39 is 5.91 Å². The Morgan fingerprint density at radius 1 is 1.04 bits per heavy atom. The van der Waals surface area contributed by atoms with Crippen LogP contribution in [0.2, 0.25) is 0 Å². The smallest absolute Gasteiger partial charge is 0.273 e. The molecule has 1 heterocycles. The lowest BCUT2D eigenvalue weighted by Gasteiger charge is -2.18. The highest BCUT2D eigenvalue weighted by Gasteiger charge is 2.18. The molecule has 138 valence electrons. The first-order valence-corrected chi connectivity index (χ1v) is 8.80. The maximum Gasteiger partial charge on any atom is 0.273 e. The average Bonchev–Trinajstić information content (AvgIpc) is 2.72. The van der Waals surface area contributed by atoms with Crippen LogP contribution in [0.15, 0.2) is 72.9 Å². The van der Waals surface area contributed by atoms with Crippen molar-refractivity contribution in [1.82, 2.24) is 10.3 Å². The molecule has 1 amide bonds. The highest BCUT2D eigenvalue weighted by Crippen LogP contribution is 2.29. The van der Waals surface area contributed by atoms with E-state index in [9.17, 15) is 9.90 Å². The van der Waals surface area contributed by atoms with Crippen LogP contribution in [0.1, 0.15) is 34.0 Å². The molecular weight excluding hydrogens is 340 g/mol. The molecule has 0 unspecified atom stereocenters. The van der Waals surface area contributed by atoms with Crippen LogP contribution < -0.4 is 10.1 Å². The van der Waals surface area contributed by atoms with E-state index in [-0.39, 0.29) is 23.1 Å². The summed E-state index contributed by atoms with van der Waals surface area (Å²) in [6.45, 7) is 0.450. The van der Waals surface area contributed by atoms with Crippen LogP contribution >= 0.6 is 0 Å². The molecule has 5 nitrogen and oxygen atoms in total. The summed E-state index contributed by atoms with van der Waals surface area (Å²) in [5.74, 6) is -0.285. The topological polar surface area (TPSA) is 71.5 Å². The number of nitrogens with one attached hydrogen (secondary N) is 1. The molecule has 0 saturated heterocycles. The fourth-order valence-electron chi connectivity index (χ4n) is 3.08. The van der Waals surface area contributed by atoms with Crippen LogP contribution in [0.5, 0.6) is 11.5 Å². The molecule has 0 spiro atoms. The third-order valence-corrected chi connectivity index (χ3v) is 4.44. The van der Waals surface area contributed by atoms with E-state index in [0.29, 0.717) is 6.54 Å². The van der Waals surface area contributed by atoms with Crippen LogP contribution in [0, 0.1) is 0 Å². The summed E-state index contributed by atoms with van der Waals surface area (Å²) >= 11 is 0. The molecule has 2 aromatic carbocycles. The first-order valence-electron chi connectivity index (χ1n) is 8.80. The monoisotopic (exact) mass is 362 g/mol. The summed E-state index contributed by atoms with van der Waals surface area (Å²) in [5.41, 5.74) is 2.35. The number of hydrogen-bond donors (Lipinski definition) is 2. The Hall–Kier alpha value is -3.34. The molecule has 0 aliphatic carbocycles. The summed E-state index contributed by atoms with van der Waals surface area (Å²) in [7, 11) is 1.43. The summed E-state index contributed by atoms with van der Waals surface area (Å²) in [5, 5.41) is 12.9. The van der Waals surface area contributed by atoms with Crippen molar-refractivity contribution in [3.05, 3.63) is 89.7 Å². The van der Waals surface area contributed by atoms with E-state index in [2.05, 4.69) is 34.6 Å². The van der Waals surface area contributed by atoms with Gasteiger partial charge in [0.2, 0.25) is 0 Å². The second-order valence-corrected chi connectivity index (χ2v) is 6.13.